The molecule has 1 aromatic rings. The number of hydrogen-bond acceptors (Lipinski definition) is 1. The molecular formula is C12H13ClO2. The van der Waals surface area contributed by atoms with Crippen molar-refractivity contribution in [3.63, 3.8) is 0 Å². The minimum Gasteiger partial charge on any atom is -0.481 e. The van der Waals surface area contributed by atoms with Crippen LogP contribution in [0.1, 0.15) is 25.3 Å². The molecule has 80 valence electrons. The summed E-state index contributed by atoms with van der Waals surface area (Å²) in [6.07, 6.45) is 1.62. The van der Waals surface area contributed by atoms with Crippen LogP contribution in [0.15, 0.2) is 24.3 Å². The van der Waals surface area contributed by atoms with Crippen LogP contribution in [0.3, 0.4) is 0 Å². The number of carbonyl (C=O) groups is 1. The summed E-state index contributed by atoms with van der Waals surface area (Å²) >= 11 is 5.81. The van der Waals surface area contributed by atoms with Crippen LogP contribution in [0, 0.1) is 5.92 Å². The van der Waals surface area contributed by atoms with Gasteiger partial charge in [0.15, 0.2) is 0 Å². The first-order valence-electron chi connectivity index (χ1n) is 5.09. The second-order valence-electron chi connectivity index (χ2n) is 4.11. The molecule has 1 aromatic carbocycles. The largest absolute Gasteiger partial charge is 0.481 e. The molecule has 1 aliphatic rings. The minimum absolute atomic E-state index is 0.142. The molecule has 0 radical (unpaired) electrons. The van der Waals surface area contributed by atoms with E-state index in [0.717, 1.165) is 18.4 Å². The van der Waals surface area contributed by atoms with E-state index < -0.39 is 5.97 Å². The van der Waals surface area contributed by atoms with Crippen molar-refractivity contribution in [3.8, 4) is 0 Å². The number of halogens is 1. The van der Waals surface area contributed by atoms with Crippen molar-refractivity contribution in [2.75, 3.05) is 0 Å². The first-order valence-corrected chi connectivity index (χ1v) is 5.47. The van der Waals surface area contributed by atoms with E-state index in [-0.39, 0.29) is 11.3 Å². The van der Waals surface area contributed by atoms with Crippen LogP contribution in [-0.4, -0.2) is 11.1 Å². The van der Waals surface area contributed by atoms with Gasteiger partial charge in [0, 0.05) is 10.4 Å². The molecule has 15 heavy (non-hydrogen) atoms. The molecular weight excluding hydrogens is 212 g/mol. The lowest BCUT2D eigenvalue weighted by Crippen LogP contribution is -2.13. The zero-order valence-electron chi connectivity index (χ0n) is 8.53. The zero-order chi connectivity index (χ0) is 11.1. The molecule has 2 atom stereocenters. The van der Waals surface area contributed by atoms with Gasteiger partial charge in [-0.25, -0.2) is 0 Å². The van der Waals surface area contributed by atoms with E-state index in [2.05, 4.69) is 0 Å². The Kier molecular flexibility index (Phi) is 2.47. The molecule has 1 unspecified atom stereocenters. The molecule has 1 aliphatic carbocycles. The van der Waals surface area contributed by atoms with Crippen LogP contribution in [0.25, 0.3) is 0 Å². The highest BCUT2D eigenvalue weighted by Gasteiger charge is 2.58. The Hall–Kier alpha value is -1.02. The van der Waals surface area contributed by atoms with Crippen LogP contribution < -0.4 is 0 Å². The molecule has 0 aliphatic heterocycles. The van der Waals surface area contributed by atoms with Gasteiger partial charge in [-0.15, -0.1) is 0 Å². The van der Waals surface area contributed by atoms with Gasteiger partial charge in [-0.1, -0.05) is 30.7 Å². The number of rotatable bonds is 3. The Balaban J connectivity index is 2.30. The van der Waals surface area contributed by atoms with Crippen LogP contribution in [0.2, 0.25) is 5.02 Å². The van der Waals surface area contributed by atoms with Crippen molar-refractivity contribution >= 4 is 17.6 Å². The van der Waals surface area contributed by atoms with Gasteiger partial charge in [-0.05, 0) is 30.5 Å². The van der Waals surface area contributed by atoms with E-state index in [0.29, 0.717) is 5.02 Å². The van der Waals surface area contributed by atoms with Crippen molar-refractivity contribution in [1.82, 2.24) is 0 Å². The highest BCUT2D eigenvalue weighted by molar-refractivity contribution is 6.30. The first-order chi connectivity index (χ1) is 7.10. The van der Waals surface area contributed by atoms with Gasteiger partial charge in [-0.2, -0.15) is 0 Å². The molecule has 1 saturated carbocycles. The lowest BCUT2D eigenvalue weighted by atomic mass is 9.90. The van der Waals surface area contributed by atoms with Crippen molar-refractivity contribution in [3.05, 3.63) is 34.9 Å². The molecule has 0 spiro atoms. The van der Waals surface area contributed by atoms with Crippen LogP contribution in [-0.2, 0) is 10.2 Å². The molecule has 0 saturated heterocycles. The number of carboxylic acid groups (broad SMARTS) is 1. The Bertz CT molecular complexity index is 385. The quantitative estimate of drug-likeness (QED) is 0.857. The van der Waals surface area contributed by atoms with E-state index in [1.54, 1.807) is 0 Å². The highest BCUT2D eigenvalue weighted by Crippen LogP contribution is 2.56. The Labute approximate surface area is 93.9 Å². The third-order valence-corrected chi connectivity index (χ3v) is 3.68. The topological polar surface area (TPSA) is 37.3 Å². The molecule has 0 bridgehead atoms. The first kappa shape index (κ1) is 10.5. The van der Waals surface area contributed by atoms with Crippen molar-refractivity contribution in [1.29, 1.82) is 0 Å². The fourth-order valence-electron chi connectivity index (χ4n) is 2.32. The second-order valence-corrected chi connectivity index (χ2v) is 4.55. The fraction of sp³-hybridized carbons (Fsp3) is 0.417. The molecule has 1 N–H and O–H groups in total. The third-order valence-electron chi connectivity index (χ3n) is 3.42. The molecule has 0 heterocycles. The van der Waals surface area contributed by atoms with E-state index >= 15 is 0 Å². The van der Waals surface area contributed by atoms with Crippen molar-refractivity contribution in [2.24, 2.45) is 5.92 Å². The molecule has 2 rings (SSSR count). The van der Waals surface area contributed by atoms with Gasteiger partial charge in [0.1, 0.15) is 0 Å². The smallest absolute Gasteiger partial charge is 0.307 e. The molecule has 2 nitrogen and oxygen atoms in total. The Morgan fingerprint density at radius 3 is 2.53 bits per heavy atom. The number of benzene rings is 1. The van der Waals surface area contributed by atoms with Crippen LogP contribution in [0.5, 0.6) is 0 Å². The van der Waals surface area contributed by atoms with Gasteiger partial charge in [-0.3, -0.25) is 4.79 Å². The lowest BCUT2D eigenvalue weighted by Gasteiger charge is -2.14. The second kappa shape index (κ2) is 3.53. The summed E-state index contributed by atoms with van der Waals surface area (Å²) in [6, 6.07) is 7.53. The summed E-state index contributed by atoms with van der Waals surface area (Å²) in [7, 11) is 0. The summed E-state index contributed by atoms with van der Waals surface area (Å²) in [5.74, 6) is -0.907. The Morgan fingerprint density at radius 2 is 2.13 bits per heavy atom. The number of aliphatic carboxylic acids is 1. The van der Waals surface area contributed by atoms with Gasteiger partial charge in [0.2, 0.25) is 0 Å². The monoisotopic (exact) mass is 224 g/mol. The maximum absolute atomic E-state index is 11.0. The number of carboxylic acids is 1. The van der Waals surface area contributed by atoms with Crippen molar-refractivity contribution in [2.45, 2.75) is 25.2 Å². The third kappa shape index (κ3) is 1.63. The summed E-state index contributed by atoms with van der Waals surface area (Å²) in [4.78, 5) is 11.0. The Morgan fingerprint density at radius 1 is 1.53 bits per heavy atom. The standard InChI is InChI=1S/C12H13ClO2/c1-2-12(7-10(12)11(14)15)8-3-5-9(13)6-4-8/h3-6,10H,2,7H2,1H3,(H,14,15)/t10-,12?/m0/s1. The normalized spacial score (nSPS) is 28.8. The van der Waals surface area contributed by atoms with Gasteiger partial charge >= 0.3 is 5.97 Å². The maximum atomic E-state index is 11.0. The summed E-state index contributed by atoms with van der Waals surface area (Å²) in [6.45, 7) is 2.04. The van der Waals surface area contributed by atoms with E-state index in [1.807, 2.05) is 31.2 Å². The van der Waals surface area contributed by atoms with Gasteiger partial charge in [0.05, 0.1) is 5.92 Å². The maximum Gasteiger partial charge on any atom is 0.307 e. The van der Waals surface area contributed by atoms with Crippen LogP contribution >= 0.6 is 11.6 Å². The fourth-order valence-corrected chi connectivity index (χ4v) is 2.45. The predicted molar refractivity (Wildman–Crippen MR) is 59.2 cm³/mol. The number of hydrogen-bond donors (Lipinski definition) is 1. The van der Waals surface area contributed by atoms with Gasteiger partial charge in [0.25, 0.3) is 0 Å². The molecule has 0 amide bonds. The van der Waals surface area contributed by atoms with E-state index in [9.17, 15) is 4.79 Å². The van der Waals surface area contributed by atoms with E-state index in [4.69, 9.17) is 16.7 Å². The van der Waals surface area contributed by atoms with Crippen molar-refractivity contribution < 1.29 is 9.90 Å². The summed E-state index contributed by atoms with van der Waals surface area (Å²) in [5.41, 5.74) is 0.956. The average Bonchev–Trinajstić information content (AvgIpc) is 2.95. The van der Waals surface area contributed by atoms with Gasteiger partial charge < -0.3 is 5.11 Å². The predicted octanol–water partition coefficient (Wildman–Crippen LogP) is 3.09. The molecule has 3 heteroatoms. The highest BCUT2D eigenvalue weighted by atomic mass is 35.5. The lowest BCUT2D eigenvalue weighted by molar-refractivity contribution is -0.139. The SMILES string of the molecule is CCC1(c2ccc(Cl)cc2)C[C@H]1C(=O)O. The molecule has 1 fully saturated rings. The zero-order valence-corrected chi connectivity index (χ0v) is 9.29. The van der Waals surface area contributed by atoms with Crippen LogP contribution in [0.4, 0.5) is 0 Å². The average molecular weight is 225 g/mol. The molecule has 0 aromatic heterocycles. The summed E-state index contributed by atoms with van der Waals surface area (Å²) in [5, 5.41) is 9.70. The van der Waals surface area contributed by atoms with E-state index in [1.165, 1.54) is 0 Å². The summed E-state index contributed by atoms with van der Waals surface area (Å²) < 4.78 is 0. The minimum atomic E-state index is -0.688.